The topological polar surface area (TPSA) is 16.5 Å². The summed E-state index contributed by atoms with van der Waals surface area (Å²) >= 11 is 0. The van der Waals surface area contributed by atoms with E-state index in [0.717, 1.165) is 6.04 Å². The number of benzene rings is 1. The third-order valence-corrected chi connectivity index (χ3v) is 6.76. The van der Waals surface area contributed by atoms with Crippen LogP contribution in [0.1, 0.15) is 25.3 Å². The van der Waals surface area contributed by atoms with Gasteiger partial charge >= 0.3 is 0 Å². The van der Waals surface area contributed by atoms with E-state index in [0.29, 0.717) is 17.4 Å². The fraction of sp³-hybridized carbons (Fsp3) is 0.474. The molecular formula is C19H23N2+. The van der Waals surface area contributed by atoms with Crippen LogP contribution in [0.2, 0.25) is 0 Å². The SMILES string of the molecule is C=C1[C@H]2C[C@@H]3[NH+](CC[C@@]34c3ccccc3N[C@@H]14)C/C2=C\C. The quantitative estimate of drug-likeness (QED) is 0.694. The van der Waals surface area contributed by atoms with Gasteiger partial charge in [0.25, 0.3) is 0 Å². The van der Waals surface area contributed by atoms with Crippen LogP contribution in [-0.4, -0.2) is 25.2 Å². The highest BCUT2D eigenvalue weighted by molar-refractivity contribution is 5.66. The number of rotatable bonds is 0. The summed E-state index contributed by atoms with van der Waals surface area (Å²) in [5.74, 6) is 0.613. The van der Waals surface area contributed by atoms with Crippen molar-refractivity contribution < 1.29 is 4.90 Å². The number of para-hydroxylation sites is 1. The summed E-state index contributed by atoms with van der Waals surface area (Å²) < 4.78 is 0. The van der Waals surface area contributed by atoms with Crippen LogP contribution >= 0.6 is 0 Å². The van der Waals surface area contributed by atoms with Crippen LogP contribution in [0.3, 0.4) is 0 Å². The van der Waals surface area contributed by atoms with Gasteiger partial charge in [-0.2, -0.15) is 0 Å². The number of fused-ring (bicyclic) bond motifs is 2. The van der Waals surface area contributed by atoms with Gasteiger partial charge in [-0.3, -0.25) is 0 Å². The van der Waals surface area contributed by atoms with Crippen molar-refractivity contribution in [2.45, 2.75) is 37.3 Å². The predicted octanol–water partition coefficient (Wildman–Crippen LogP) is 1.91. The molecule has 3 aliphatic heterocycles. The molecule has 2 nitrogen and oxygen atoms in total. The van der Waals surface area contributed by atoms with Gasteiger partial charge in [-0.1, -0.05) is 30.9 Å². The maximum atomic E-state index is 4.56. The molecule has 4 aliphatic rings. The van der Waals surface area contributed by atoms with Gasteiger partial charge in [-0.15, -0.1) is 0 Å². The van der Waals surface area contributed by atoms with E-state index < -0.39 is 0 Å². The highest BCUT2D eigenvalue weighted by Crippen LogP contribution is 2.56. The Balaban J connectivity index is 1.73. The molecule has 1 aromatic rings. The first kappa shape index (κ1) is 12.0. The smallest absolute Gasteiger partial charge is 0.101 e. The third kappa shape index (κ3) is 1.24. The summed E-state index contributed by atoms with van der Waals surface area (Å²) in [5.41, 5.74) is 6.31. The van der Waals surface area contributed by atoms with E-state index in [1.54, 1.807) is 11.1 Å². The minimum absolute atomic E-state index is 0.318. The largest absolute Gasteiger partial charge is 0.377 e. The Morgan fingerprint density at radius 1 is 1.38 bits per heavy atom. The number of allylic oxidation sites excluding steroid dienone is 1. The molecule has 3 heterocycles. The first-order valence-corrected chi connectivity index (χ1v) is 8.30. The van der Waals surface area contributed by atoms with E-state index in [4.69, 9.17) is 0 Å². The van der Waals surface area contributed by atoms with Crippen molar-refractivity contribution in [3.63, 3.8) is 0 Å². The lowest BCUT2D eigenvalue weighted by Gasteiger charge is -2.49. The second-order valence-electron chi connectivity index (χ2n) is 7.28. The summed E-state index contributed by atoms with van der Waals surface area (Å²) in [7, 11) is 0. The Bertz CT molecular complexity index is 674. The Kier molecular flexibility index (Phi) is 2.18. The molecule has 1 aliphatic carbocycles. The minimum Gasteiger partial charge on any atom is -0.377 e. The van der Waals surface area contributed by atoms with Gasteiger partial charge in [-0.05, 0) is 29.7 Å². The van der Waals surface area contributed by atoms with Gasteiger partial charge in [0.1, 0.15) is 6.04 Å². The van der Waals surface area contributed by atoms with Crippen LogP contribution in [0, 0.1) is 5.92 Å². The molecule has 2 N–H and O–H groups in total. The Morgan fingerprint density at radius 2 is 2.24 bits per heavy atom. The molecule has 5 atom stereocenters. The Hall–Kier alpha value is -1.54. The van der Waals surface area contributed by atoms with Crippen molar-refractivity contribution in [3.8, 4) is 0 Å². The molecule has 3 fully saturated rings. The van der Waals surface area contributed by atoms with Crippen molar-refractivity contribution >= 4 is 5.69 Å². The number of piperidine rings is 1. The van der Waals surface area contributed by atoms with Gasteiger partial charge in [0.2, 0.25) is 0 Å². The Labute approximate surface area is 126 Å². The van der Waals surface area contributed by atoms with Crippen molar-refractivity contribution in [3.05, 3.63) is 53.6 Å². The zero-order chi connectivity index (χ0) is 14.2. The van der Waals surface area contributed by atoms with E-state index in [2.05, 4.69) is 49.2 Å². The number of nitrogens with one attached hydrogen (secondary N) is 2. The van der Waals surface area contributed by atoms with E-state index in [1.807, 2.05) is 4.90 Å². The maximum Gasteiger partial charge on any atom is 0.101 e. The molecule has 1 saturated carbocycles. The molecule has 2 saturated heterocycles. The average molecular weight is 279 g/mol. The third-order valence-electron chi connectivity index (χ3n) is 6.76. The lowest BCUT2D eigenvalue weighted by molar-refractivity contribution is -0.915. The van der Waals surface area contributed by atoms with Gasteiger partial charge < -0.3 is 10.2 Å². The maximum absolute atomic E-state index is 4.56. The molecule has 2 bridgehead atoms. The van der Waals surface area contributed by atoms with Gasteiger partial charge in [0.05, 0.1) is 24.5 Å². The van der Waals surface area contributed by atoms with Crippen LogP contribution in [-0.2, 0) is 5.41 Å². The molecule has 0 radical (unpaired) electrons. The second-order valence-corrected chi connectivity index (χ2v) is 7.28. The summed E-state index contributed by atoms with van der Waals surface area (Å²) in [6, 6.07) is 10.2. The van der Waals surface area contributed by atoms with Gasteiger partial charge in [0.15, 0.2) is 0 Å². The van der Waals surface area contributed by atoms with E-state index >= 15 is 0 Å². The summed E-state index contributed by atoms with van der Waals surface area (Å²) in [5, 5.41) is 3.84. The molecule has 21 heavy (non-hydrogen) atoms. The molecule has 0 aromatic heterocycles. The summed E-state index contributed by atoms with van der Waals surface area (Å²) in [4.78, 5) is 1.82. The molecule has 1 unspecified atom stereocenters. The van der Waals surface area contributed by atoms with Crippen molar-refractivity contribution in [1.82, 2.24) is 0 Å². The number of hydrogen-bond donors (Lipinski definition) is 2. The number of quaternary nitrogens is 1. The fourth-order valence-corrected chi connectivity index (χ4v) is 5.88. The molecule has 1 spiro atoms. The van der Waals surface area contributed by atoms with Gasteiger partial charge in [-0.25, -0.2) is 0 Å². The molecular weight excluding hydrogens is 256 g/mol. The molecule has 2 heteroatoms. The summed E-state index contributed by atoms with van der Waals surface area (Å²) in [6.07, 6.45) is 4.97. The van der Waals surface area contributed by atoms with Crippen LogP contribution in [0.15, 0.2) is 48.1 Å². The van der Waals surface area contributed by atoms with E-state index in [1.165, 1.54) is 37.2 Å². The van der Waals surface area contributed by atoms with Crippen molar-refractivity contribution in [1.29, 1.82) is 0 Å². The zero-order valence-corrected chi connectivity index (χ0v) is 12.7. The minimum atomic E-state index is 0.318. The van der Waals surface area contributed by atoms with Crippen molar-refractivity contribution in [2.75, 3.05) is 18.4 Å². The van der Waals surface area contributed by atoms with Crippen LogP contribution < -0.4 is 10.2 Å². The second kappa shape index (κ2) is 3.80. The van der Waals surface area contributed by atoms with Crippen molar-refractivity contribution in [2.24, 2.45) is 5.92 Å². The molecule has 0 amide bonds. The predicted molar refractivity (Wildman–Crippen MR) is 85.6 cm³/mol. The van der Waals surface area contributed by atoms with Gasteiger partial charge in [0, 0.05) is 24.4 Å². The fourth-order valence-electron chi connectivity index (χ4n) is 5.88. The first-order chi connectivity index (χ1) is 10.3. The standard InChI is InChI=1S/C19H22N2/c1-3-13-11-21-9-8-19-15-6-4-5-7-16(15)20-18(19)12(2)14(13)10-17(19)21/h3-7,14,17-18,20H,2,8-11H2,1H3/p+1/b13-3+/t14-,17+,18+,19-/m1/s1. The van der Waals surface area contributed by atoms with E-state index in [9.17, 15) is 0 Å². The highest BCUT2D eigenvalue weighted by atomic mass is 15.2. The first-order valence-electron chi connectivity index (χ1n) is 8.30. The van der Waals surface area contributed by atoms with Crippen LogP contribution in [0.4, 0.5) is 5.69 Å². The molecule has 5 rings (SSSR count). The summed E-state index contributed by atoms with van der Waals surface area (Å²) in [6.45, 7) is 9.31. The number of hydrogen-bond acceptors (Lipinski definition) is 1. The van der Waals surface area contributed by atoms with Crippen LogP contribution in [0.5, 0.6) is 0 Å². The number of anilines is 1. The lowest BCUT2D eigenvalue weighted by atomic mass is 9.58. The molecule has 108 valence electrons. The molecule has 1 aromatic carbocycles. The zero-order valence-electron chi connectivity index (χ0n) is 12.7. The Morgan fingerprint density at radius 3 is 3.10 bits per heavy atom. The normalized spacial score (nSPS) is 44.4. The van der Waals surface area contributed by atoms with E-state index in [-0.39, 0.29) is 0 Å². The lowest BCUT2D eigenvalue weighted by Crippen LogP contribution is -3.16. The monoisotopic (exact) mass is 279 g/mol. The average Bonchev–Trinajstić information content (AvgIpc) is 3.07. The highest BCUT2D eigenvalue weighted by Gasteiger charge is 2.66. The van der Waals surface area contributed by atoms with Crippen LogP contribution in [0.25, 0.3) is 0 Å².